The molecule has 0 bridgehead atoms. The Labute approximate surface area is 235 Å². The Bertz CT molecular complexity index is 1090. The van der Waals surface area contributed by atoms with Crippen LogP contribution in [0.15, 0.2) is 66.9 Å². The fourth-order valence-electron chi connectivity index (χ4n) is 4.62. The molecule has 3 rings (SSSR count). The zero-order valence-electron chi connectivity index (χ0n) is 23.6. The topological polar surface area (TPSA) is 39.2 Å². The lowest BCUT2D eigenvalue weighted by molar-refractivity contribution is -0.134. The van der Waals surface area contributed by atoms with Crippen molar-refractivity contribution in [2.45, 2.75) is 90.9 Å². The first kappa shape index (κ1) is 29.9. The van der Waals surface area contributed by atoms with Crippen LogP contribution in [0.4, 0.5) is 0 Å². The third-order valence-corrected chi connectivity index (χ3v) is 7.75. The fraction of sp³-hybridized carbons (Fsp3) is 0.471. The SMILES string of the molecule is CCCCCCCc1ccc(-c2ccc(-c3ccc(OC(=O)C(Cl)C(C)CCCC(C)C)cc3)cc2)nc1. The van der Waals surface area contributed by atoms with Crippen molar-refractivity contribution in [1.29, 1.82) is 0 Å². The number of halogens is 1. The number of carbonyl (C=O) groups is 1. The normalized spacial score (nSPS) is 12.9. The molecule has 0 amide bonds. The minimum absolute atomic E-state index is 0.0851. The van der Waals surface area contributed by atoms with Crippen LogP contribution in [-0.4, -0.2) is 16.3 Å². The number of hydrogen-bond donors (Lipinski definition) is 0. The molecule has 0 N–H and O–H groups in total. The van der Waals surface area contributed by atoms with E-state index in [1.807, 2.05) is 37.4 Å². The van der Waals surface area contributed by atoms with Crippen LogP contribution >= 0.6 is 11.6 Å². The van der Waals surface area contributed by atoms with E-state index in [1.54, 1.807) is 0 Å². The minimum atomic E-state index is -0.636. The van der Waals surface area contributed by atoms with Crippen molar-refractivity contribution in [3.63, 3.8) is 0 Å². The molecule has 0 aliphatic rings. The maximum Gasteiger partial charge on any atom is 0.329 e. The van der Waals surface area contributed by atoms with Gasteiger partial charge in [-0.3, -0.25) is 9.78 Å². The summed E-state index contributed by atoms with van der Waals surface area (Å²) in [6.07, 6.45) is 12.7. The first-order valence-corrected chi connectivity index (χ1v) is 14.8. The number of aromatic nitrogens is 1. The van der Waals surface area contributed by atoms with E-state index >= 15 is 0 Å². The summed E-state index contributed by atoms with van der Waals surface area (Å²) in [5.41, 5.74) is 5.56. The van der Waals surface area contributed by atoms with Crippen LogP contribution in [-0.2, 0) is 11.2 Å². The molecule has 3 nitrogen and oxygen atoms in total. The van der Waals surface area contributed by atoms with Crippen molar-refractivity contribution < 1.29 is 9.53 Å². The monoisotopic (exact) mass is 533 g/mol. The van der Waals surface area contributed by atoms with Crippen LogP contribution in [0.5, 0.6) is 5.75 Å². The molecule has 38 heavy (non-hydrogen) atoms. The minimum Gasteiger partial charge on any atom is -0.425 e. The maximum absolute atomic E-state index is 12.5. The number of nitrogens with zero attached hydrogens (tertiary/aromatic N) is 1. The largest absolute Gasteiger partial charge is 0.425 e. The lowest BCUT2D eigenvalue weighted by atomic mass is 9.97. The molecule has 1 heterocycles. The van der Waals surface area contributed by atoms with Crippen LogP contribution in [0.25, 0.3) is 22.4 Å². The first-order valence-electron chi connectivity index (χ1n) is 14.4. The van der Waals surface area contributed by atoms with Gasteiger partial charge in [0, 0.05) is 11.8 Å². The number of rotatable bonds is 15. The Morgan fingerprint density at radius 1 is 0.789 bits per heavy atom. The second-order valence-corrected chi connectivity index (χ2v) is 11.4. The molecule has 0 radical (unpaired) electrons. The summed E-state index contributed by atoms with van der Waals surface area (Å²) < 4.78 is 5.56. The molecule has 2 atom stereocenters. The van der Waals surface area contributed by atoms with Gasteiger partial charge >= 0.3 is 5.97 Å². The zero-order chi connectivity index (χ0) is 27.3. The molecule has 2 unspecified atom stereocenters. The Kier molecular flexibility index (Phi) is 12.3. The van der Waals surface area contributed by atoms with Crippen LogP contribution in [0.3, 0.4) is 0 Å². The molecule has 4 heteroatoms. The standard InChI is InChI=1S/C34H44ClNO2/c1-5-6-7-8-9-13-27-14-23-32(36-24-27)30-17-15-28(16-18-30)29-19-21-31(22-20-29)38-34(37)33(35)26(4)12-10-11-25(2)3/h14-26,33H,5-13H2,1-4H3. The number of pyridine rings is 1. The van der Waals surface area contributed by atoms with Crippen molar-refractivity contribution in [3.8, 4) is 28.1 Å². The number of hydrogen-bond acceptors (Lipinski definition) is 3. The molecule has 0 spiro atoms. The van der Waals surface area contributed by atoms with Crippen molar-refractivity contribution in [2.75, 3.05) is 0 Å². The lowest BCUT2D eigenvalue weighted by Crippen LogP contribution is -2.27. The number of unbranched alkanes of at least 4 members (excludes halogenated alkanes) is 4. The predicted molar refractivity (Wildman–Crippen MR) is 161 cm³/mol. The summed E-state index contributed by atoms with van der Waals surface area (Å²) >= 11 is 6.41. The molecule has 0 aliphatic heterocycles. The highest BCUT2D eigenvalue weighted by Gasteiger charge is 2.24. The number of esters is 1. The molecule has 204 valence electrons. The average molecular weight is 534 g/mol. The van der Waals surface area contributed by atoms with E-state index < -0.39 is 5.38 Å². The fourth-order valence-corrected chi connectivity index (χ4v) is 4.79. The van der Waals surface area contributed by atoms with Crippen LogP contribution in [0, 0.1) is 11.8 Å². The smallest absolute Gasteiger partial charge is 0.329 e. The van der Waals surface area contributed by atoms with E-state index in [4.69, 9.17) is 21.3 Å². The molecular weight excluding hydrogens is 490 g/mol. The van der Waals surface area contributed by atoms with Crippen LogP contribution < -0.4 is 4.74 Å². The molecular formula is C34H44ClNO2. The van der Waals surface area contributed by atoms with Crippen molar-refractivity contribution in [2.24, 2.45) is 11.8 Å². The quantitative estimate of drug-likeness (QED) is 0.0844. The van der Waals surface area contributed by atoms with E-state index in [0.29, 0.717) is 11.7 Å². The summed E-state index contributed by atoms with van der Waals surface area (Å²) in [6.45, 7) is 8.69. The Hall–Kier alpha value is -2.65. The predicted octanol–water partition coefficient (Wildman–Crippen LogP) is 9.90. The third kappa shape index (κ3) is 9.58. The number of alkyl halides is 1. The van der Waals surface area contributed by atoms with E-state index in [-0.39, 0.29) is 11.9 Å². The van der Waals surface area contributed by atoms with Gasteiger partial charge in [0.15, 0.2) is 0 Å². The summed E-state index contributed by atoms with van der Waals surface area (Å²) in [4.78, 5) is 17.2. The van der Waals surface area contributed by atoms with E-state index in [1.165, 1.54) is 37.7 Å². The second-order valence-electron chi connectivity index (χ2n) is 10.9. The number of carbonyl (C=O) groups excluding carboxylic acids is 1. The van der Waals surface area contributed by atoms with Crippen molar-refractivity contribution >= 4 is 17.6 Å². The zero-order valence-corrected chi connectivity index (χ0v) is 24.3. The van der Waals surface area contributed by atoms with Gasteiger partial charge < -0.3 is 4.74 Å². The van der Waals surface area contributed by atoms with Crippen molar-refractivity contribution in [3.05, 3.63) is 72.4 Å². The average Bonchev–Trinajstić information content (AvgIpc) is 2.93. The summed E-state index contributed by atoms with van der Waals surface area (Å²) in [7, 11) is 0. The summed E-state index contributed by atoms with van der Waals surface area (Å²) in [5, 5.41) is -0.636. The molecule has 0 saturated heterocycles. The van der Waals surface area contributed by atoms with Gasteiger partial charge in [-0.1, -0.05) is 109 Å². The van der Waals surface area contributed by atoms with Gasteiger partial charge in [-0.2, -0.15) is 0 Å². The lowest BCUT2D eigenvalue weighted by Gasteiger charge is -2.17. The van der Waals surface area contributed by atoms with Crippen molar-refractivity contribution in [1.82, 2.24) is 4.98 Å². The first-order chi connectivity index (χ1) is 18.4. The van der Waals surface area contributed by atoms with Gasteiger partial charge in [0.2, 0.25) is 0 Å². The van der Waals surface area contributed by atoms with E-state index in [0.717, 1.165) is 48.1 Å². The maximum atomic E-state index is 12.5. The molecule has 1 aromatic heterocycles. The highest BCUT2D eigenvalue weighted by molar-refractivity contribution is 6.30. The van der Waals surface area contributed by atoms with Gasteiger partial charge in [0.05, 0.1) is 5.69 Å². The molecule has 3 aromatic rings. The third-order valence-electron chi connectivity index (χ3n) is 7.15. The van der Waals surface area contributed by atoms with Crippen LogP contribution in [0.2, 0.25) is 0 Å². The van der Waals surface area contributed by atoms with Gasteiger partial charge in [-0.15, -0.1) is 11.6 Å². The van der Waals surface area contributed by atoms with Crippen LogP contribution in [0.1, 0.15) is 84.6 Å². The molecule has 0 aliphatic carbocycles. The van der Waals surface area contributed by atoms with Gasteiger partial charge in [0.25, 0.3) is 0 Å². The Balaban J connectivity index is 1.52. The highest BCUT2D eigenvalue weighted by Crippen LogP contribution is 2.27. The van der Waals surface area contributed by atoms with E-state index in [9.17, 15) is 4.79 Å². The van der Waals surface area contributed by atoms with E-state index in [2.05, 4.69) is 57.2 Å². The van der Waals surface area contributed by atoms with Gasteiger partial charge in [0.1, 0.15) is 11.1 Å². The molecule has 0 fully saturated rings. The summed E-state index contributed by atoms with van der Waals surface area (Å²) in [5.74, 6) is 0.887. The number of aryl methyl sites for hydroxylation is 1. The Morgan fingerprint density at radius 2 is 1.42 bits per heavy atom. The summed E-state index contributed by atoms with van der Waals surface area (Å²) in [6, 6.07) is 20.3. The Morgan fingerprint density at radius 3 is 2.03 bits per heavy atom. The number of ether oxygens (including phenoxy) is 1. The molecule has 2 aromatic carbocycles. The second kappa shape index (κ2) is 15.7. The van der Waals surface area contributed by atoms with Gasteiger partial charge in [-0.05, 0) is 66.0 Å². The highest BCUT2D eigenvalue weighted by atomic mass is 35.5. The molecule has 0 saturated carbocycles. The number of benzene rings is 2. The van der Waals surface area contributed by atoms with Gasteiger partial charge in [-0.25, -0.2) is 0 Å².